The predicted molar refractivity (Wildman–Crippen MR) is 77.5 cm³/mol. The number of ketones is 1. The Morgan fingerprint density at radius 3 is 2.63 bits per heavy atom. The number of carbonyl (C=O) groups excluding carboxylic acids is 1. The molecule has 0 amide bonds. The molecule has 1 aliphatic heterocycles. The number of likely N-dealkylation sites (tertiary alicyclic amines) is 1. The van der Waals surface area contributed by atoms with Gasteiger partial charge in [-0.25, -0.2) is 0 Å². The molecule has 4 nitrogen and oxygen atoms in total. The molecule has 0 aromatic carbocycles. The number of piperidine rings is 1. The highest BCUT2D eigenvalue weighted by atomic mass is 16.1. The van der Waals surface area contributed by atoms with Crippen molar-refractivity contribution in [2.45, 2.75) is 25.8 Å². The average Bonchev–Trinajstić information content (AvgIpc) is 2.85. The second kappa shape index (κ2) is 6.35. The normalized spacial score (nSPS) is 18.1. The van der Waals surface area contributed by atoms with Crippen LogP contribution >= 0.6 is 0 Å². The lowest BCUT2D eigenvalue weighted by Crippen LogP contribution is -2.44. The maximum Gasteiger partial charge on any atom is 0.178 e. The van der Waals surface area contributed by atoms with E-state index in [-0.39, 0.29) is 5.78 Å². The first kappa shape index (κ1) is 14.3. The minimum absolute atomic E-state index is 0.223. The Kier molecular flexibility index (Phi) is 4.77. The van der Waals surface area contributed by atoms with Crippen molar-refractivity contribution in [2.75, 3.05) is 33.2 Å². The van der Waals surface area contributed by atoms with E-state index in [0.717, 1.165) is 25.2 Å². The monoisotopic (exact) mass is 263 g/mol. The highest BCUT2D eigenvalue weighted by Gasteiger charge is 2.23. The van der Waals surface area contributed by atoms with Gasteiger partial charge in [-0.15, -0.1) is 0 Å². The molecule has 0 bridgehead atoms. The van der Waals surface area contributed by atoms with Crippen molar-refractivity contribution < 1.29 is 4.79 Å². The fourth-order valence-electron chi connectivity index (χ4n) is 2.79. The van der Waals surface area contributed by atoms with Crippen molar-refractivity contribution in [2.24, 2.45) is 7.05 Å². The summed E-state index contributed by atoms with van der Waals surface area (Å²) in [6.07, 6.45) is 6.17. The topological polar surface area (TPSA) is 28.5 Å². The predicted octanol–water partition coefficient (Wildman–Crippen LogP) is 1.62. The molecule has 19 heavy (non-hydrogen) atoms. The summed E-state index contributed by atoms with van der Waals surface area (Å²) in [5.74, 6) is 0.223. The highest BCUT2D eigenvalue weighted by molar-refractivity contribution is 5.97. The van der Waals surface area contributed by atoms with Gasteiger partial charge in [0.15, 0.2) is 5.78 Å². The summed E-state index contributed by atoms with van der Waals surface area (Å²) in [4.78, 5) is 16.9. The smallest absolute Gasteiger partial charge is 0.178 e. The van der Waals surface area contributed by atoms with Crippen molar-refractivity contribution in [3.8, 4) is 0 Å². The van der Waals surface area contributed by atoms with E-state index in [9.17, 15) is 4.79 Å². The van der Waals surface area contributed by atoms with E-state index in [1.807, 2.05) is 30.1 Å². The van der Waals surface area contributed by atoms with E-state index in [1.165, 1.54) is 12.8 Å². The third-order valence-electron chi connectivity index (χ3n) is 4.17. The summed E-state index contributed by atoms with van der Waals surface area (Å²) in [7, 11) is 4.02. The highest BCUT2D eigenvalue weighted by Crippen LogP contribution is 2.15. The Morgan fingerprint density at radius 1 is 1.42 bits per heavy atom. The van der Waals surface area contributed by atoms with E-state index >= 15 is 0 Å². The van der Waals surface area contributed by atoms with Crippen molar-refractivity contribution in [3.05, 3.63) is 24.0 Å². The van der Waals surface area contributed by atoms with Crippen LogP contribution in [0.15, 0.2) is 18.5 Å². The summed E-state index contributed by atoms with van der Waals surface area (Å²) in [5, 5.41) is 0. The number of aryl methyl sites for hydroxylation is 1. The molecule has 2 heterocycles. The Hall–Kier alpha value is -1.13. The largest absolute Gasteiger partial charge is 0.357 e. The number of carbonyl (C=O) groups is 1. The minimum atomic E-state index is 0.223. The zero-order valence-electron chi connectivity index (χ0n) is 12.3. The van der Waals surface area contributed by atoms with Crippen molar-refractivity contribution >= 4 is 5.78 Å². The maximum atomic E-state index is 12.2. The number of hydrogen-bond acceptors (Lipinski definition) is 3. The van der Waals surface area contributed by atoms with Gasteiger partial charge in [0.1, 0.15) is 0 Å². The van der Waals surface area contributed by atoms with Gasteiger partial charge in [0.05, 0.1) is 6.54 Å². The summed E-state index contributed by atoms with van der Waals surface area (Å²) in [6.45, 7) is 6.19. The molecule has 2 rings (SSSR count). The van der Waals surface area contributed by atoms with Crippen LogP contribution in [0.3, 0.4) is 0 Å². The summed E-state index contributed by atoms with van der Waals surface area (Å²) in [5.41, 5.74) is 0.820. The van der Waals surface area contributed by atoms with Crippen LogP contribution < -0.4 is 0 Å². The second-order valence-corrected chi connectivity index (χ2v) is 5.57. The number of aromatic nitrogens is 1. The molecule has 1 saturated heterocycles. The van der Waals surface area contributed by atoms with Gasteiger partial charge in [0, 0.05) is 31.0 Å². The molecule has 0 radical (unpaired) electrons. The molecule has 0 aliphatic carbocycles. The molecule has 0 unspecified atom stereocenters. The standard InChI is InChI=1S/C15H25N3O/c1-4-18-9-6-14(7-10-18)17(3)12-15(19)13-5-8-16(2)11-13/h5,8,11,14H,4,6-7,9-10,12H2,1-3H3. The van der Waals surface area contributed by atoms with Crippen LogP contribution in [0.5, 0.6) is 0 Å². The first-order valence-corrected chi connectivity index (χ1v) is 7.18. The number of hydrogen-bond donors (Lipinski definition) is 0. The molecule has 1 aromatic heterocycles. The van der Waals surface area contributed by atoms with Gasteiger partial charge in [0.25, 0.3) is 0 Å². The first-order chi connectivity index (χ1) is 9.10. The van der Waals surface area contributed by atoms with E-state index < -0.39 is 0 Å². The van der Waals surface area contributed by atoms with Gasteiger partial charge in [-0.1, -0.05) is 6.92 Å². The molecule has 106 valence electrons. The molecule has 0 saturated carbocycles. The molecule has 1 fully saturated rings. The minimum Gasteiger partial charge on any atom is -0.357 e. The van der Waals surface area contributed by atoms with E-state index in [2.05, 4.69) is 23.8 Å². The van der Waals surface area contributed by atoms with Gasteiger partial charge >= 0.3 is 0 Å². The van der Waals surface area contributed by atoms with E-state index in [4.69, 9.17) is 0 Å². The molecule has 0 atom stereocenters. The quantitative estimate of drug-likeness (QED) is 0.756. The molecule has 0 N–H and O–H groups in total. The number of Topliss-reactive ketones (excluding diaryl/α,β-unsaturated/α-hetero) is 1. The summed E-state index contributed by atoms with van der Waals surface area (Å²) < 4.78 is 1.92. The molecule has 4 heteroatoms. The Bertz CT molecular complexity index is 419. The van der Waals surface area contributed by atoms with Crippen molar-refractivity contribution in [1.29, 1.82) is 0 Å². The lowest BCUT2D eigenvalue weighted by atomic mass is 10.0. The number of likely N-dealkylation sites (N-methyl/N-ethyl adjacent to an activating group) is 1. The zero-order valence-corrected chi connectivity index (χ0v) is 12.3. The third-order valence-corrected chi connectivity index (χ3v) is 4.17. The lowest BCUT2D eigenvalue weighted by Gasteiger charge is -2.35. The first-order valence-electron chi connectivity index (χ1n) is 7.18. The van der Waals surface area contributed by atoms with Crippen LogP contribution in [0.4, 0.5) is 0 Å². The van der Waals surface area contributed by atoms with Crippen LogP contribution in [-0.2, 0) is 7.05 Å². The fourth-order valence-corrected chi connectivity index (χ4v) is 2.79. The average molecular weight is 263 g/mol. The molecular formula is C15H25N3O. The SMILES string of the molecule is CCN1CCC(N(C)CC(=O)c2ccn(C)c2)CC1. The lowest BCUT2D eigenvalue weighted by molar-refractivity contribution is 0.0858. The van der Waals surface area contributed by atoms with E-state index in [0.29, 0.717) is 12.6 Å². The van der Waals surface area contributed by atoms with E-state index in [1.54, 1.807) is 0 Å². The van der Waals surface area contributed by atoms with Gasteiger partial charge in [-0.3, -0.25) is 9.69 Å². The van der Waals surface area contributed by atoms with Gasteiger partial charge < -0.3 is 9.47 Å². The Labute approximate surface area is 116 Å². The number of rotatable bonds is 5. The van der Waals surface area contributed by atoms with Gasteiger partial charge in [-0.05, 0) is 45.6 Å². The fraction of sp³-hybridized carbons (Fsp3) is 0.667. The third kappa shape index (κ3) is 3.67. The van der Waals surface area contributed by atoms with Crippen LogP contribution in [0.2, 0.25) is 0 Å². The van der Waals surface area contributed by atoms with Crippen LogP contribution in [-0.4, -0.2) is 59.4 Å². The Morgan fingerprint density at radius 2 is 2.11 bits per heavy atom. The maximum absolute atomic E-state index is 12.2. The van der Waals surface area contributed by atoms with Gasteiger partial charge in [-0.2, -0.15) is 0 Å². The van der Waals surface area contributed by atoms with Crippen LogP contribution in [0.25, 0.3) is 0 Å². The molecule has 1 aliphatic rings. The molecular weight excluding hydrogens is 238 g/mol. The van der Waals surface area contributed by atoms with Crippen molar-refractivity contribution in [3.63, 3.8) is 0 Å². The second-order valence-electron chi connectivity index (χ2n) is 5.57. The van der Waals surface area contributed by atoms with Gasteiger partial charge in [0.2, 0.25) is 0 Å². The van der Waals surface area contributed by atoms with Crippen molar-refractivity contribution in [1.82, 2.24) is 14.4 Å². The molecule has 0 spiro atoms. The summed E-state index contributed by atoms with van der Waals surface area (Å²) in [6, 6.07) is 2.45. The Balaban J connectivity index is 1.84. The molecule has 1 aromatic rings. The van der Waals surface area contributed by atoms with Crippen LogP contribution in [0, 0.1) is 0 Å². The summed E-state index contributed by atoms with van der Waals surface area (Å²) >= 11 is 0. The van der Waals surface area contributed by atoms with Crippen LogP contribution in [0.1, 0.15) is 30.1 Å². The zero-order chi connectivity index (χ0) is 13.8. The number of nitrogens with zero attached hydrogens (tertiary/aromatic N) is 3.